The Balaban J connectivity index is 1.76. The number of carbonyl (C=O) groups excluding carboxylic acids is 1. The number of furan rings is 1. The van der Waals surface area contributed by atoms with E-state index in [0.717, 1.165) is 5.56 Å². The van der Waals surface area contributed by atoms with Crippen LogP contribution in [-0.4, -0.2) is 40.3 Å². The quantitative estimate of drug-likeness (QED) is 0.458. The molecule has 0 saturated heterocycles. The van der Waals surface area contributed by atoms with Crippen LogP contribution in [0.5, 0.6) is 11.5 Å². The average molecular weight is 417 g/mol. The van der Waals surface area contributed by atoms with Gasteiger partial charge in [0.2, 0.25) is 0 Å². The smallest absolute Gasteiger partial charge is 0.274 e. The van der Waals surface area contributed by atoms with E-state index >= 15 is 0 Å². The molecule has 4 rings (SSSR count). The number of hydrogen-bond acceptors (Lipinski definition) is 7. The lowest BCUT2D eigenvalue weighted by atomic mass is 10.2. The zero-order valence-corrected chi connectivity index (χ0v) is 16.9. The van der Waals surface area contributed by atoms with E-state index in [1.807, 2.05) is 30.3 Å². The van der Waals surface area contributed by atoms with Gasteiger partial charge in [0.15, 0.2) is 5.82 Å². The third kappa shape index (κ3) is 4.30. The van der Waals surface area contributed by atoms with Gasteiger partial charge < -0.3 is 19.2 Å². The van der Waals surface area contributed by atoms with E-state index < -0.39 is 5.91 Å². The summed E-state index contributed by atoms with van der Waals surface area (Å²) in [7, 11) is 3.06. The summed E-state index contributed by atoms with van der Waals surface area (Å²) >= 11 is 0. The van der Waals surface area contributed by atoms with Gasteiger partial charge >= 0.3 is 0 Å². The molecule has 0 spiro atoms. The molecule has 1 N–H and O–H groups in total. The fraction of sp³-hybridized carbons (Fsp3) is 0.0909. The second-order valence-corrected chi connectivity index (χ2v) is 6.35. The minimum atomic E-state index is -0.465. The molecule has 2 aromatic heterocycles. The van der Waals surface area contributed by atoms with Crippen molar-refractivity contribution in [2.75, 3.05) is 19.5 Å². The van der Waals surface area contributed by atoms with Crippen LogP contribution in [0.15, 0.2) is 71.3 Å². The van der Waals surface area contributed by atoms with Crippen molar-refractivity contribution in [3.8, 4) is 22.9 Å². The van der Waals surface area contributed by atoms with Crippen molar-refractivity contribution in [2.24, 2.45) is 0 Å². The number of carbonyl (C=O) groups is 1. The highest BCUT2D eigenvalue weighted by atomic mass is 16.5. The molecule has 0 unspecified atom stereocenters. The summed E-state index contributed by atoms with van der Waals surface area (Å²) in [6.45, 7) is 0. The fourth-order valence-corrected chi connectivity index (χ4v) is 2.95. The van der Waals surface area contributed by atoms with E-state index in [-0.39, 0.29) is 5.70 Å². The molecular weight excluding hydrogens is 398 g/mol. The van der Waals surface area contributed by atoms with Gasteiger partial charge in [-0.2, -0.15) is 4.68 Å². The van der Waals surface area contributed by atoms with Crippen LogP contribution in [0.1, 0.15) is 5.76 Å². The Bertz CT molecular complexity index is 1200. The molecule has 0 fully saturated rings. The fourth-order valence-electron chi connectivity index (χ4n) is 2.95. The Kier molecular flexibility index (Phi) is 5.75. The van der Waals surface area contributed by atoms with Crippen LogP contribution in [0.2, 0.25) is 0 Å². The van der Waals surface area contributed by atoms with Crippen molar-refractivity contribution in [1.29, 1.82) is 0 Å². The Hall–Kier alpha value is -4.40. The summed E-state index contributed by atoms with van der Waals surface area (Å²) in [5.41, 5.74) is 1.35. The van der Waals surface area contributed by atoms with Gasteiger partial charge in [-0.15, -0.1) is 5.10 Å². The number of ether oxygens (including phenoxy) is 2. The van der Waals surface area contributed by atoms with Crippen LogP contribution in [0.3, 0.4) is 0 Å². The third-order valence-corrected chi connectivity index (χ3v) is 4.44. The summed E-state index contributed by atoms with van der Waals surface area (Å²) in [4.78, 5) is 13.4. The number of benzene rings is 2. The minimum Gasteiger partial charge on any atom is -0.497 e. The highest BCUT2D eigenvalue weighted by Gasteiger charge is 2.21. The lowest BCUT2D eigenvalue weighted by molar-refractivity contribution is -0.111. The zero-order chi connectivity index (χ0) is 21.6. The molecule has 4 aromatic rings. The molecule has 9 heteroatoms. The number of amides is 1. The van der Waals surface area contributed by atoms with E-state index in [1.165, 1.54) is 18.1 Å². The van der Waals surface area contributed by atoms with E-state index in [0.29, 0.717) is 28.8 Å². The van der Waals surface area contributed by atoms with E-state index in [9.17, 15) is 4.79 Å². The van der Waals surface area contributed by atoms with Gasteiger partial charge in [0.25, 0.3) is 5.91 Å². The zero-order valence-electron chi connectivity index (χ0n) is 16.9. The topological polar surface area (TPSA) is 104 Å². The Morgan fingerprint density at radius 1 is 1.06 bits per heavy atom. The highest BCUT2D eigenvalue weighted by Crippen LogP contribution is 2.30. The van der Waals surface area contributed by atoms with Crippen LogP contribution in [0.25, 0.3) is 23.2 Å². The van der Waals surface area contributed by atoms with Gasteiger partial charge in [-0.1, -0.05) is 30.3 Å². The number of nitrogens with one attached hydrogen (secondary N) is 1. The van der Waals surface area contributed by atoms with Gasteiger partial charge in [-0.25, -0.2) is 0 Å². The first-order chi connectivity index (χ1) is 15.2. The van der Waals surface area contributed by atoms with Gasteiger partial charge in [0.05, 0.1) is 26.2 Å². The minimum absolute atomic E-state index is 0.156. The first-order valence-electron chi connectivity index (χ1n) is 9.32. The standard InChI is InChI=1S/C22H19N5O4/c1-29-16-10-11-20(30-2)18(13-16)23-22(28)19(14-17-9-6-12-31-17)27-21(24-25-26-27)15-7-4-3-5-8-15/h3-14H,1-2H3,(H,23,28). The summed E-state index contributed by atoms with van der Waals surface area (Å²) in [5.74, 6) is 1.46. The maximum Gasteiger partial charge on any atom is 0.274 e. The summed E-state index contributed by atoms with van der Waals surface area (Å²) in [6.07, 6.45) is 3.08. The van der Waals surface area contributed by atoms with Crippen molar-refractivity contribution < 1.29 is 18.7 Å². The average Bonchev–Trinajstić information content (AvgIpc) is 3.50. The number of nitrogens with zero attached hydrogens (tertiary/aromatic N) is 4. The number of rotatable bonds is 7. The molecule has 0 aliphatic carbocycles. The molecule has 1 amide bonds. The van der Waals surface area contributed by atoms with Crippen LogP contribution >= 0.6 is 0 Å². The Labute approximate surface area is 177 Å². The second kappa shape index (κ2) is 8.95. The summed E-state index contributed by atoms with van der Waals surface area (Å²) in [5, 5.41) is 14.7. The molecule has 9 nitrogen and oxygen atoms in total. The van der Waals surface area contributed by atoms with Gasteiger partial charge in [0, 0.05) is 17.7 Å². The number of methoxy groups -OCH3 is 2. The largest absolute Gasteiger partial charge is 0.497 e. The Morgan fingerprint density at radius 2 is 1.90 bits per heavy atom. The van der Waals surface area contributed by atoms with Gasteiger partial charge in [-0.05, 0) is 34.7 Å². The second-order valence-electron chi connectivity index (χ2n) is 6.35. The predicted molar refractivity (Wildman–Crippen MR) is 114 cm³/mol. The molecule has 0 saturated carbocycles. The predicted octanol–water partition coefficient (Wildman–Crippen LogP) is 3.59. The van der Waals surface area contributed by atoms with E-state index in [4.69, 9.17) is 13.9 Å². The van der Waals surface area contributed by atoms with Crippen molar-refractivity contribution in [2.45, 2.75) is 0 Å². The normalized spacial score (nSPS) is 11.2. The molecule has 0 aliphatic rings. The number of aromatic nitrogens is 4. The van der Waals surface area contributed by atoms with Gasteiger partial charge in [-0.3, -0.25) is 4.79 Å². The number of tetrazole rings is 1. The SMILES string of the molecule is COc1ccc(OC)c(NC(=O)C(=Cc2ccco2)n2nnnc2-c2ccccc2)c1. The molecule has 156 valence electrons. The first-order valence-corrected chi connectivity index (χ1v) is 9.32. The summed E-state index contributed by atoms with van der Waals surface area (Å²) < 4.78 is 17.4. The first kappa shape index (κ1) is 19.9. The molecule has 2 aromatic carbocycles. The van der Waals surface area contributed by atoms with Crippen LogP contribution < -0.4 is 14.8 Å². The molecule has 31 heavy (non-hydrogen) atoms. The molecule has 0 aliphatic heterocycles. The highest BCUT2D eigenvalue weighted by molar-refractivity contribution is 6.24. The molecule has 0 radical (unpaired) electrons. The maximum atomic E-state index is 13.4. The van der Waals surface area contributed by atoms with Crippen LogP contribution in [0, 0.1) is 0 Å². The van der Waals surface area contributed by atoms with Gasteiger partial charge in [0.1, 0.15) is 23.0 Å². The monoisotopic (exact) mass is 417 g/mol. The molecule has 0 atom stereocenters. The van der Waals surface area contributed by atoms with Crippen LogP contribution in [0.4, 0.5) is 5.69 Å². The molecular formula is C22H19N5O4. The maximum absolute atomic E-state index is 13.4. The number of anilines is 1. The van der Waals surface area contributed by atoms with Crippen molar-refractivity contribution in [3.63, 3.8) is 0 Å². The molecule has 0 bridgehead atoms. The van der Waals surface area contributed by atoms with E-state index in [1.54, 1.807) is 43.5 Å². The Morgan fingerprint density at radius 3 is 2.61 bits per heavy atom. The number of hydrogen-bond donors (Lipinski definition) is 1. The van der Waals surface area contributed by atoms with E-state index in [2.05, 4.69) is 20.8 Å². The van der Waals surface area contributed by atoms with Crippen molar-refractivity contribution in [3.05, 3.63) is 72.7 Å². The summed E-state index contributed by atoms with van der Waals surface area (Å²) in [6, 6.07) is 17.9. The third-order valence-electron chi connectivity index (χ3n) is 4.44. The molecule has 2 heterocycles. The lowest BCUT2D eigenvalue weighted by Crippen LogP contribution is -2.19. The van der Waals surface area contributed by atoms with Crippen molar-refractivity contribution >= 4 is 23.4 Å². The van der Waals surface area contributed by atoms with Crippen molar-refractivity contribution in [1.82, 2.24) is 20.2 Å². The van der Waals surface area contributed by atoms with Crippen LogP contribution in [-0.2, 0) is 4.79 Å². The lowest BCUT2D eigenvalue weighted by Gasteiger charge is -2.14.